The van der Waals surface area contributed by atoms with Gasteiger partial charge in [-0.25, -0.2) is 4.57 Å². The molecular weight excluding hydrogens is 703 g/mol. The van der Waals surface area contributed by atoms with E-state index >= 15 is 0 Å². The fourth-order valence-corrected chi connectivity index (χ4v) is 7.26. The van der Waals surface area contributed by atoms with E-state index in [9.17, 15) is 19.4 Å². The normalized spacial score (nSPS) is 14.1. The van der Waals surface area contributed by atoms with Gasteiger partial charge in [-0.3, -0.25) is 13.8 Å². The third-order valence-electron chi connectivity index (χ3n) is 9.95. The molecule has 0 saturated carbocycles. The molecule has 0 heterocycles. The highest BCUT2D eigenvalue weighted by Gasteiger charge is 2.26. The van der Waals surface area contributed by atoms with Crippen molar-refractivity contribution in [2.75, 3.05) is 33.0 Å². The Kier molecular flexibility index (Phi) is 41.2. The number of allylic oxidation sites excluding steroid dienone is 2. The van der Waals surface area contributed by atoms with E-state index in [0.717, 1.165) is 44.9 Å². The van der Waals surface area contributed by atoms with E-state index in [1.54, 1.807) is 0 Å². The van der Waals surface area contributed by atoms with Crippen LogP contribution in [0, 0.1) is 0 Å². The van der Waals surface area contributed by atoms with E-state index < -0.39 is 33.2 Å². The maximum Gasteiger partial charge on any atom is 0.472 e. The number of esters is 1. The summed E-state index contributed by atoms with van der Waals surface area (Å²) >= 11 is 0. The first-order valence-corrected chi connectivity index (χ1v) is 24.2. The van der Waals surface area contributed by atoms with Crippen molar-refractivity contribution >= 4 is 13.8 Å². The molecule has 0 fully saturated rings. The van der Waals surface area contributed by atoms with Crippen LogP contribution in [0.1, 0.15) is 219 Å². The highest BCUT2D eigenvalue weighted by Crippen LogP contribution is 2.43. The molecule has 0 aromatic rings. The van der Waals surface area contributed by atoms with E-state index in [2.05, 4.69) is 26.0 Å². The molecule has 0 aliphatic heterocycles. The van der Waals surface area contributed by atoms with E-state index in [4.69, 9.17) is 23.6 Å². The zero-order valence-electron chi connectivity index (χ0n) is 35.2. The van der Waals surface area contributed by atoms with Crippen LogP contribution in [0.25, 0.3) is 0 Å². The van der Waals surface area contributed by atoms with Crippen molar-refractivity contribution in [2.45, 2.75) is 232 Å². The van der Waals surface area contributed by atoms with Gasteiger partial charge < -0.3 is 24.6 Å². The van der Waals surface area contributed by atoms with E-state index in [1.807, 2.05) is 0 Å². The molecule has 0 aromatic carbocycles. The van der Waals surface area contributed by atoms with Crippen LogP contribution in [0.4, 0.5) is 0 Å². The van der Waals surface area contributed by atoms with Crippen LogP contribution < -0.4 is 0 Å². The van der Waals surface area contributed by atoms with Gasteiger partial charge in [-0.1, -0.05) is 187 Å². The Morgan fingerprint density at radius 1 is 0.556 bits per heavy atom. The van der Waals surface area contributed by atoms with Crippen LogP contribution >= 0.6 is 7.82 Å². The lowest BCUT2D eigenvalue weighted by molar-refractivity contribution is -0.154. The highest BCUT2D eigenvalue weighted by molar-refractivity contribution is 7.47. The Bertz CT molecular complexity index is 856. The van der Waals surface area contributed by atoms with Crippen molar-refractivity contribution in [1.29, 1.82) is 0 Å². The number of phosphoric ester groups is 1. The Morgan fingerprint density at radius 2 is 0.944 bits per heavy atom. The molecule has 0 spiro atoms. The van der Waals surface area contributed by atoms with Gasteiger partial charge in [0.1, 0.15) is 12.2 Å². The van der Waals surface area contributed by atoms with Crippen molar-refractivity contribution < 1.29 is 43.0 Å². The summed E-state index contributed by atoms with van der Waals surface area (Å²) in [6.07, 6.45) is 41.6. The Morgan fingerprint density at radius 3 is 1.39 bits per heavy atom. The maximum absolute atomic E-state index is 12.6. The molecule has 10 heteroatoms. The minimum atomic E-state index is -4.51. The van der Waals surface area contributed by atoms with E-state index in [-0.39, 0.29) is 25.6 Å². The molecule has 0 radical (unpaired) electrons. The van der Waals surface area contributed by atoms with Gasteiger partial charge in [0.05, 0.1) is 26.4 Å². The zero-order valence-corrected chi connectivity index (χ0v) is 36.1. The number of rotatable bonds is 44. The third-order valence-corrected chi connectivity index (χ3v) is 10.9. The van der Waals surface area contributed by atoms with E-state index in [0.29, 0.717) is 6.61 Å². The van der Waals surface area contributed by atoms with Gasteiger partial charge in [0, 0.05) is 13.0 Å². The molecule has 0 amide bonds. The van der Waals surface area contributed by atoms with Gasteiger partial charge >= 0.3 is 13.8 Å². The number of hydrogen-bond donors (Lipinski definition) is 3. The van der Waals surface area contributed by atoms with Crippen LogP contribution in [0.2, 0.25) is 0 Å². The molecule has 0 rings (SSSR count). The third kappa shape index (κ3) is 40.9. The molecule has 0 aromatic heterocycles. The second kappa shape index (κ2) is 41.8. The second-order valence-corrected chi connectivity index (χ2v) is 16.9. The zero-order chi connectivity index (χ0) is 39.6. The molecule has 3 unspecified atom stereocenters. The van der Waals surface area contributed by atoms with Gasteiger partial charge in [0.2, 0.25) is 0 Å². The maximum atomic E-state index is 12.6. The number of ether oxygens (including phenoxy) is 2. The number of carbonyl (C=O) groups excluding carboxylic acids is 1. The number of hydrogen-bond acceptors (Lipinski definition) is 8. The SMILES string of the molecule is CCCCCCCC/C=C\CCCCCCCCOCC(COP(=O)(O)OCC(O)CO)OC(=O)CCCCCCCCCCCCCCCCCCC. The number of aliphatic hydroxyl groups excluding tert-OH is 2. The molecular formula is C44H87O9P. The minimum Gasteiger partial charge on any atom is -0.457 e. The predicted octanol–water partition coefficient (Wildman–Crippen LogP) is 12.5. The van der Waals surface area contributed by atoms with E-state index in [1.165, 1.54) is 154 Å². The Balaban J connectivity index is 4.12. The fourth-order valence-electron chi connectivity index (χ4n) is 6.47. The molecule has 9 nitrogen and oxygen atoms in total. The topological polar surface area (TPSA) is 132 Å². The summed E-state index contributed by atoms with van der Waals surface area (Å²) in [7, 11) is -4.51. The molecule has 0 saturated heterocycles. The lowest BCUT2D eigenvalue weighted by atomic mass is 10.0. The van der Waals surface area contributed by atoms with Crippen molar-refractivity contribution in [3.05, 3.63) is 12.2 Å². The molecule has 0 bridgehead atoms. The average Bonchev–Trinajstić information content (AvgIpc) is 3.16. The quantitative estimate of drug-likeness (QED) is 0.0239. The van der Waals surface area contributed by atoms with Gasteiger partial charge in [0.15, 0.2) is 0 Å². The first kappa shape index (κ1) is 53.2. The summed E-state index contributed by atoms with van der Waals surface area (Å²) in [6.45, 7) is 3.54. The number of unbranched alkanes of at least 4 members (excludes halogenated alkanes) is 28. The van der Waals surface area contributed by atoms with Gasteiger partial charge in [0.25, 0.3) is 0 Å². The lowest BCUT2D eigenvalue weighted by Gasteiger charge is -2.20. The number of carbonyl (C=O) groups is 1. The minimum absolute atomic E-state index is 0.0507. The molecule has 3 N–H and O–H groups in total. The standard InChI is InChI=1S/C44H87O9P/c1-3-5-7-9-11-13-15-17-19-21-22-24-26-28-30-32-34-36-44(47)53-43(41-52-54(48,49)51-39-42(46)38-45)40-50-37-35-33-31-29-27-25-23-20-18-16-14-12-10-8-6-4-2/h18,20,42-43,45-46H,3-17,19,21-41H2,1-2H3,(H,48,49)/b20-18-. The molecule has 0 aliphatic rings. The molecule has 54 heavy (non-hydrogen) atoms. The summed E-state index contributed by atoms with van der Waals surface area (Å²) in [5.41, 5.74) is 0. The average molecular weight is 791 g/mol. The first-order valence-electron chi connectivity index (χ1n) is 22.7. The largest absolute Gasteiger partial charge is 0.472 e. The fraction of sp³-hybridized carbons (Fsp3) is 0.932. The van der Waals surface area contributed by atoms with Crippen LogP contribution in [-0.2, 0) is 27.9 Å². The monoisotopic (exact) mass is 791 g/mol. The van der Waals surface area contributed by atoms with Crippen molar-refractivity contribution in [1.82, 2.24) is 0 Å². The molecule has 322 valence electrons. The summed E-state index contributed by atoms with van der Waals surface area (Å²) < 4.78 is 33.4. The Hall–Kier alpha value is -0.800. The smallest absolute Gasteiger partial charge is 0.457 e. The lowest BCUT2D eigenvalue weighted by Crippen LogP contribution is -2.29. The summed E-state index contributed by atoms with van der Waals surface area (Å²) in [5.74, 6) is -0.380. The van der Waals surface area contributed by atoms with Crippen molar-refractivity contribution in [3.63, 3.8) is 0 Å². The predicted molar refractivity (Wildman–Crippen MR) is 224 cm³/mol. The second-order valence-electron chi connectivity index (χ2n) is 15.4. The van der Waals surface area contributed by atoms with Gasteiger partial charge in [-0.05, 0) is 38.5 Å². The first-order chi connectivity index (χ1) is 26.3. The summed E-state index contributed by atoms with van der Waals surface area (Å²) in [5, 5.41) is 18.4. The summed E-state index contributed by atoms with van der Waals surface area (Å²) in [4.78, 5) is 22.6. The van der Waals surface area contributed by atoms with Crippen LogP contribution in [0.3, 0.4) is 0 Å². The van der Waals surface area contributed by atoms with Crippen LogP contribution in [-0.4, -0.2) is 66.3 Å². The van der Waals surface area contributed by atoms with Crippen LogP contribution in [0.15, 0.2) is 12.2 Å². The van der Waals surface area contributed by atoms with Gasteiger partial charge in [-0.2, -0.15) is 0 Å². The number of aliphatic hydroxyl groups is 2. The van der Waals surface area contributed by atoms with Crippen molar-refractivity contribution in [3.8, 4) is 0 Å². The summed E-state index contributed by atoms with van der Waals surface area (Å²) in [6, 6.07) is 0. The molecule has 3 atom stereocenters. The van der Waals surface area contributed by atoms with Crippen LogP contribution in [0.5, 0.6) is 0 Å². The van der Waals surface area contributed by atoms with Crippen molar-refractivity contribution in [2.24, 2.45) is 0 Å². The van der Waals surface area contributed by atoms with Gasteiger partial charge in [-0.15, -0.1) is 0 Å². The number of phosphoric acid groups is 1. The Labute approximate surface area is 332 Å². The molecule has 0 aliphatic carbocycles. The highest BCUT2D eigenvalue weighted by atomic mass is 31.2.